The second-order valence-electron chi connectivity index (χ2n) is 0. The van der Waals surface area contributed by atoms with Crippen molar-refractivity contribution in [3.05, 3.63) is 0 Å². The van der Waals surface area contributed by atoms with Crippen molar-refractivity contribution in [3.8, 4) is 0 Å². The fraction of sp³-hybridized carbons (Fsp3) is 0. The predicted molar refractivity (Wildman–Crippen MR) is 23.0 cm³/mol. The van der Waals surface area contributed by atoms with Gasteiger partial charge in [-0.3, -0.25) is 0 Å². The zero-order chi connectivity index (χ0) is 0. The Morgan fingerprint density at radius 2 is 0.500 bits per heavy atom. The van der Waals surface area contributed by atoms with Crippen molar-refractivity contribution < 1.29 is 41.7 Å². The van der Waals surface area contributed by atoms with Crippen molar-refractivity contribution in [3.63, 3.8) is 0 Å². The third-order valence-electron chi connectivity index (χ3n) is 0. The molecule has 6 heavy (non-hydrogen) atoms. The molecule has 0 aliphatic heterocycles. The average Bonchev–Trinajstić information content (AvgIpc) is 0. The Kier molecular flexibility index (Phi) is 2460. The molecule has 0 aliphatic rings. The van der Waals surface area contributed by atoms with Crippen LogP contribution in [0, 0.1) is 0 Å². The van der Waals surface area contributed by atoms with E-state index >= 15 is 0 Å². The summed E-state index contributed by atoms with van der Waals surface area (Å²) in [5, 5.41) is 0. The van der Waals surface area contributed by atoms with Crippen LogP contribution in [0.15, 0.2) is 0 Å². The molecular formula is H10O4OsPb. The second kappa shape index (κ2) is 95.4. The molecule has 6 heteroatoms. The molecule has 0 aromatic carbocycles. The molecule has 0 saturated carbocycles. The first kappa shape index (κ1) is 155. The van der Waals surface area contributed by atoms with Crippen LogP contribution in [-0.4, -0.2) is 49.2 Å². The number of rotatable bonds is 0. The van der Waals surface area contributed by atoms with Crippen LogP contribution < -0.4 is 0 Å². The maximum atomic E-state index is 0. The van der Waals surface area contributed by atoms with Gasteiger partial charge in [0, 0.05) is 19.8 Å². The normalized spacial score (nSPS) is 0. The molecule has 0 heterocycles. The topological polar surface area (TPSA) is 126 Å². The van der Waals surface area contributed by atoms with Crippen LogP contribution in [0.5, 0.6) is 0 Å². The van der Waals surface area contributed by atoms with E-state index in [1.54, 1.807) is 0 Å². The van der Waals surface area contributed by atoms with Crippen molar-refractivity contribution in [2.45, 2.75) is 0 Å². The zero-order valence-electron chi connectivity index (χ0n) is 3.06. The molecule has 0 atom stereocenters. The van der Waals surface area contributed by atoms with Crippen molar-refractivity contribution in [1.82, 2.24) is 0 Å². The number of hydrogen-bond donors (Lipinski definition) is 0. The molecule has 2 radical (unpaired) electrons. The van der Waals surface area contributed by atoms with Gasteiger partial charge in [-0.05, 0) is 0 Å². The standard InChI is InChI=1S/4H2O.Os.Pb.2H/h4*1H2;;;;. The van der Waals surface area contributed by atoms with Crippen molar-refractivity contribution in [2.75, 3.05) is 0 Å². The van der Waals surface area contributed by atoms with Gasteiger partial charge in [-0.15, -0.1) is 0 Å². The van der Waals surface area contributed by atoms with Gasteiger partial charge in [0.1, 0.15) is 0 Å². The minimum absolute atomic E-state index is 0. The zero-order valence-corrected chi connectivity index (χ0v) is 11.1. The summed E-state index contributed by atoms with van der Waals surface area (Å²) in [5.41, 5.74) is 0. The summed E-state index contributed by atoms with van der Waals surface area (Å²) in [7, 11) is 0. The summed E-state index contributed by atoms with van der Waals surface area (Å²) in [6.07, 6.45) is 0. The van der Waals surface area contributed by atoms with E-state index in [9.17, 15) is 0 Å². The Balaban J connectivity index is 0. The van der Waals surface area contributed by atoms with Gasteiger partial charge in [-0.2, -0.15) is 0 Å². The Labute approximate surface area is 68.8 Å². The molecule has 0 saturated heterocycles. The van der Waals surface area contributed by atoms with E-state index in [2.05, 4.69) is 0 Å². The molecule has 0 unspecified atom stereocenters. The van der Waals surface area contributed by atoms with Crippen LogP contribution >= 0.6 is 0 Å². The van der Waals surface area contributed by atoms with E-state index in [-0.39, 0.29) is 69.0 Å². The minimum atomic E-state index is 0. The van der Waals surface area contributed by atoms with E-state index in [4.69, 9.17) is 0 Å². The molecule has 46 valence electrons. The quantitative estimate of drug-likeness (QED) is 0.318. The Morgan fingerprint density at radius 3 is 0.500 bits per heavy atom. The van der Waals surface area contributed by atoms with Gasteiger partial charge < -0.3 is 21.9 Å². The van der Waals surface area contributed by atoms with E-state index in [1.165, 1.54) is 0 Å². The van der Waals surface area contributed by atoms with E-state index < -0.39 is 0 Å². The van der Waals surface area contributed by atoms with Gasteiger partial charge >= 0.3 is 27.3 Å². The number of hydrogen-bond acceptors (Lipinski definition) is 0. The third kappa shape index (κ3) is 53.4. The molecule has 0 fully saturated rings. The fourth-order valence-corrected chi connectivity index (χ4v) is 0. The van der Waals surface area contributed by atoms with Gasteiger partial charge in [-0.1, -0.05) is 0 Å². The molecule has 0 amide bonds. The van der Waals surface area contributed by atoms with Gasteiger partial charge in [-0.25, -0.2) is 0 Å². The van der Waals surface area contributed by atoms with Crippen LogP contribution in [-0.2, 0) is 19.8 Å². The van der Waals surface area contributed by atoms with Crippen LogP contribution in [0.2, 0.25) is 0 Å². The predicted octanol–water partition coefficient (Wildman–Crippen LogP) is -4.22. The average molecular weight is 472 g/mol. The fourth-order valence-electron chi connectivity index (χ4n) is 0. The second-order valence-corrected chi connectivity index (χ2v) is 0. The van der Waals surface area contributed by atoms with Crippen molar-refractivity contribution >= 4 is 27.3 Å². The molecule has 0 bridgehead atoms. The Hall–Kier alpha value is 1.40. The summed E-state index contributed by atoms with van der Waals surface area (Å²) in [6, 6.07) is 0. The van der Waals surface area contributed by atoms with Crippen LogP contribution in [0.3, 0.4) is 0 Å². The summed E-state index contributed by atoms with van der Waals surface area (Å²) in [6.45, 7) is 0. The maximum absolute atomic E-state index is 0. The van der Waals surface area contributed by atoms with E-state index in [0.717, 1.165) is 0 Å². The van der Waals surface area contributed by atoms with Crippen molar-refractivity contribution in [1.29, 1.82) is 0 Å². The molecule has 8 N–H and O–H groups in total. The summed E-state index contributed by atoms with van der Waals surface area (Å²) < 4.78 is 0. The van der Waals surface area contributed by atoms with Crippen LogP contribution in [0.25, 0.3) is 0 Å². The first-order valence-electron chi connectivity index (χ1n) is 0. The first-order chi connectivity index (χ1) is 0. The molecule has 0 aliphatic carbocycles. The van der Waals surface area contributed by atoms with Crippen LogP contribution in [0.1, 0.15) is 0 Å². The van der Waals surface area contributed by atoms with Crippen molar-refractivity contribution in [2.24, 2.45) is 0 Å². The third-order valence-corrected chi connectivity index (χ3v) is 0. The van der Waals surface area contributed by atoms with E-state index in [0.29, 0.717) is 0 Å². The molecule has 4 nitrogen and oxygen atoms in total. The Bertz CT molecular complexity index is 7.51. The molecule has 0 rings (SSSR count). The van der Waals surface area contributed by atoms with Gasteiger partial charge in [0.25, 0.3) is 0 Å². The SMILES string of the molecule is O.O.O.O.[Os].[PbH2]. The summed E-state index contributed by atoms with van der Waals surface area (Å²) in [5.74, 6) is 0. The van der Waals surface area contributed by atoms with Crippen LogP contribution in [0.4, 0.5) is 0 Å². The molecule has 0 spiro atoms. The van der Waals surface area contributed by atoms with Gasteiger partial charge in [0.05, 0.1) is 0 Å². The van der Waals surface area contributed by atoms with Gasteiger partial charge in [0.2, 0.25) is 0 Å². The first-order valence-corrected chi connectivity index (χ1v) is 0. The summed E-state index contributed by atoms with van der Waals surface area (Å²) in [4.78, 5) is 0. The monoisotopic (exact) mass is 474 g/mol. The molecular weight excluding hydrogens is 461 g/mol. The molecule has 0 aromatic rings. The van der Waals surface area contributed by atoms with E-state index in [1.807, 2.05) is 0 Å². The molecule has 0 aromatic heterocycles. The Morgan fingerprint density at radius 1 is 0.500 bits per heavy atom. The van der Waals surface area contributed by atoms with Gasteiger partial charge in [0.15, 0.2) is 0 Å². The summed E-state index contributed by atoms with van der Waals surface area (Å²) >= 11 is 0.